The molecule has 1 heterocycles. The van der Waals surface area contributed by atoms with Gasteiger partial charge in [0, 0.05) is 30.6 Å². The molecule has 0 atom stereocenters. The molecule has 1 saturated carbocycles. The molecule has 2 N–H and O–H groups in total. The molecule has 5 heteroatoms. The second kappa shape index (κ2) is 4.77. The molecule has 1 aliphatic carbocycles. The highest BCUT2D eigenvalue weighted by Crippen LogP contribution is 2.34. The maximum Gasteiger partial charge on any atom is 0.303 e. The van der Waals surface area contributed by atoms with Gasteiger partial charge < -0.3 is 5.11 Å². The fourth-order valence-electron chi connectivity index (χ4n) is 2.64. The van der Waals surface area contributed by atoms with Crippen LogP contribution in [0.15, 0.2) is 4.79 Å². The van der Waals surface area contributed by atoms with E-state index in [2.05, 4.69) is 5.10 Å². The summed E-state index contributed by atoms with van der Waals surface area (Å²) in [6.07, 6.45) is 4.93. The van der Waals surface area contributed by atoms with Crippen molar-refractivity contribution in [1.82, 2.24) is 9.78 Å². The molecule has 94 valence electrons. The van der Waals surface area contributed by atoms with E-state index in [1.54, 1.807) is 7.05 Å². The van der Waals surface area contributed by atoms with Crippen LogP contribution in [0.5, 0.6) is 0 Å². The summed E-state index contributed by atoms with van der Waals surface area (Å²) >= 11 is 0. The van der Waals surface area contributed by atoms with E-state index in [4.69, 9.17) is 5.11 Å². The van der Waals surface area contributed by atoms with E-state index in [0.717, 1.165) is 18.5 Å². The molecule has 1 aliphatic rings. The number of rotatable bonds is 4. The lowest BCUT2D eigenvalue weighted by Gasteiger charge is -2.08. The Morgan fingerprint density at radius 3 is 2.71 bits per heavy atom. The number of aromatic nitrogens is 2. The average molecular weight is 238 g/mol. The first-order valence-corrected chi connectivity index (χ1v) is 6.09. The van der Waals surface area contributed by atoms with Crippen molar-refractivity contribution >= 4 is 5.97 Å². The van der Waals surface area contributed by atoms with Gasteiger partial charge in [0.1, 0.15) is 0 Å². The van der Waals surface area contributed by atoms with Gasteiger partial charge in [-0.25, -0.2) is 0 Å². The Morgan fingerprint density at radius 1 is 1.47 bits per heavy atom. The van der Waals surface area contributed by atoms with E-state index >= 15 is 0 Å². The van der Waals surface area contributed by atoms with Gasteiger partial charge in [-0.3, -0.25) is 19.4 Å². The number of hydrogen-bond donors (Lipinski definition) is 2. The van der Waals surface area contributed by atoms with Gasteiger partial charge in [0.15, 0.2) is 0 Å². The monoisotopic (exact) mass is 238 g/mol. The van der Waals surface area contributed by atoms with Crippen molar-refractivity contribution in [3.8, 4) is 0 Å². The molecule has 1 fully saturated rings. The summed E-state index contributed by atoms with van der Waals surface area (Å²) in [6, 6.07) is 0. The molecular formula is C12H18N2O3. The number of carbonyl (C=O) groups is 1. The highest BCUT2D eigenvalue weighted by molar-refractivity contribution is 5.67. The number of hydrogen-bond acceptors (Lipinski definition) is 2. The summed E-state index contributed by atoms with van der Waals surface area (Å²) < 4.78 is 1.46. The minimum Gasteiger partial charge on any atom is -0.481 e. The summed E-state index contributed by atoms with van der Waals surface area (Å²) in [4.78, 5) is 22.5. The van der Waals surface area contributed by atoms with E-state index in [1.807, 2.05) is 0 Å². The Morgan fingerprint density at radius 2 is 2.12 bits per heavy atom. The van der Waals surface area contributed by atoms with Crippen LogP contribution in [-0.4, -0.2) is 20.9 Å². The molecular weight excluding hydrogens is 220 g/mol. The third-order valence-corrected chi connectivity index (χ3v) is 3.53. The average Bonchev–Trinajstić information content (AvgIpc) is 2.87. The van der Waals surface area contributed by atoms with Gasteiger partial charge in [-0.05, 0) is 19.3 Å². The van der Waals surface area contributed by atoms with Crippen molar-refractivity contribution in [2.75, 3.05) is 0 Å². The maximum absolute atomic E-state index is 11.9. The molecule has 2 rings (SSSR count). The molecule has 17 heavy (non-hydrogen) atoms. The van der Waals surface area contributed by atoms with Crippen LogP contribution in [0.1, 0.15) is 49.3 Å². The number of carboxylic acids is 1. The van der Waals surface area contributed by atoms with Crippen molar-refractivity contribution in [3.63, 3.8) is 0 Å². The highest BCUT2D eigenvalue weighted by Gasteiger charge is 2.24. The zero-order chi connectivity index (χ0) is 12.4. The third kappa shape index (κ3) is 2.43. The molecule has 0 bridgehead atoms. The highest BCUT2D eigenvalue weighted by atomic mass is 16.4. The zero-order valence-electron chi connectivity index (χ0n) is 10.0. The molecule has 0 spiro atoms. The number of aromatic amines is 1. The second-order valence-corrected chi connectivity index (χ2v) is 4.74. The Balaban J connectivity index is 2.27. The normalized spacial score (nSPS) is 16.5. The summed E-state index contributed by atoms with van der Waals surface area (Å²) in [5.74, 6) is -0.446. The van der Waals surface area contributed by atoms with Crippen molar-refractivity contribution in [2.24, 2.45) is 7.05 Å². The van der Waals surface area contributed by atoms with Crippen molar-refractivity contribution in [1.29, 1.82) is 0 Å². The smallest absolute Gasteiger partial charge is 0.303 e. The number of carboxylic acid groups (broad SMARTS) is 1. The van der Waals surface area contributed by atoms with Gasteiger partial charge >= 0.3 is 5.97 Å². The molecule has 5 nitrogen and oxygen atoms in total. The molecule has 0 unspecified atom stereocenters. The first kappa shape index (κ1) is 12.0. The Bertz CT molecular complexity index is 467. The standard InChI is InChI=1S/C12H18N2O3/c1-14-12(17)9(6-7-10(15)16)11(13-14)8-4-2-3-5-8/h8,13H,2-7H2,1H3,(H,15,16). The number of nitrogens with one attached hydrogen (secondary N) is 1. The molecule has 1 aromatic heterocycles. The van der Waals surface area contributed by atoms with E-state index in [9.17, 15) is 9.59 Å². The van der Waals surface area contributed by atoms with Crippen LogP contribution in [0.4, 0.5) is 0 Å². The molecule has 0 amide bonds. The Kier molecular flexibility index (Phi) is 3.36. The lowest BCUT2D eigenvalue weighted by Crippen LogP contribution is -2.16. The van der Waals surface area contributed by atoms with Crippen LogP contribution < -0.4 is 5.56 Å². The van der Waals surface area contributed by atoms with Gasteiger partial charge in [-0.1, -0.05) is 12.8 Å². The fraction of sp³-hybridized carbons (Fsp3) is 0.667. The maximum atomic E-state index is 11.9. The SMILES string of the molecule is Cn1[nH]c(C2CCCC2)c(CCC(=O)O)c1=O. The van der Waals surface area contributed by atoms with E-state index in [0.29, 0.717) is 17.9 Å². The van der Waals surface area contributed by atoms with Gasteiger partial charge in [-0.2, -0.15) is 0 Å². The van der Waals surface area contributed by atoms with Crippen LogP contribution in [-0.2, 0) is 18.3 Å². The lowest BCUT2D eigenvalue weighted by atomic mass is 9.98. The Hall–Kier alpha value is -1.52. The summed E-state index contributed by atoms with van der Waals surface area (Å²) in [5.41, 5.74) is 1.56. The van der Waals surface area contributed by atoms with E-state index in [1.165, 1.54) is 17.5 Å². The zero-order valence-corrected chi connectivity index (χ0v) is 10.0. The predicted molar refractivity (Wildman–Crippen MR) is 63.2 cm³/mol. The van der Waals surface area contributed by atoms with Crippen molar-refractivity contribution in [2.45, 2.75) is 44.4 Å². The quantitative estimate of drug-likeness (QED) is 0.832. The minimum absolute atomic E-state index is 0.0206. The van der Waals surface area contributed by atoms with Gasteiger partial charge in [0.25, 0.3) is 5.56 Å². The lowest BCUT2D eigenvalue weighted by molar-refractivity contribution is -0.136. The van der Waals surface area contributed by atoms with E-state index in [-0.39, 0.29) is 12.0 Å². The van der Waals surface area contributed by atoms with Crippen LogP contribution in [0.25, 0.3) is 0 Å². The van der Waals surface area contributed by atoms with Gasteiger partial charge in [-0.15, -0.1) is 0 Å². The van der Waals surface area contributed by atoms with Gasteiger partial charge in [0.2, 0.25) is 0 Å². The number of aliphatic carboxylic acids is 1. The van der Waals surface area contributed by atoms with Crippen LogP contribution in [0, 0.1) is 0 Å². The van der Waals surface area contributed by atoms with Crippen molar-refractivity contribution in [3.05, 3.63) is 21.6 Å². The molecule has 0 aromatic carbocycles. The second-order valence-electron chi connectivity index (χ2n) is 4.74. The first-order valence-electron chi connectivity index (χ1n) is 6.09. The molecule has 0 aliphatic heterocycles. The first-order chi connectivity index (χ1) is 8.09. The molecule has 0 radical (unpaired) electrons. The number of nitrogens with zero attached hydrogens (tertiary/aromatic N) is 1. The summed E-state index contributed by atoms with van der Waals surface area (Å²) in [6.45, 7) is 0. The predicted octanol–water partition coefficient (Wildman–Crippen LogP) is 1.39. The summed E-state index contributed by atoms with van der Waals surface area (Å²) in [7, 11) is 1.69. The van der Waals surface area contributed by atoms with Gasteiger partial charge in [0.05, 0.1) is 0 Å². The molecule has 0 saturated heterocycles. The molecule has 1 aromatic rings. The van der Waals surface area contributed by atoms with Crippen LogP contribution >= 0.6 is 0 Å². The largest absolute Gasteiger partial charge is 0.481 e. The third-order valence-electron chi connectivity index (χ3n) is 3.53. The van der Waals surface area contributed by atoms with Crippen LogP contribution in [0.3, 0.4) is 0 Å². The summed E-state index contributed by atoms with van der Waals surface area (Å²) in [5, 5.41) is 11.8. The topological polar surface area (TPSA) is 75.1 Å². The van der Waals surface area contributed by atoms with E-state index < -0.39 is 5.97 Å². The number of H-pyrrole nitrogens is 1. The number of aryl methyl sites for hydroxylation is 1. The fourth-order valence-corrected chi connectivity index (χ4v) is 2.64. The van der Waals surface area contributed by atoms with Crippen molar-refractivity contribution < 1.29 is 9.90 Å². The minimum atomic E-state index is -0.856. The Labute approximate surface area is 99.4 Å². The van der Waals surface area contributed by atoms with Crippen LogP contribution in [0.2, 0.25) is 0 Å².